The number of nitrogens with one attached hydrogen (secondary N) is 1. The van der Waals surface area contributed by atoms with E-state index in [0.717, 1.165) is 17.8 Å². The molecular formula is C30H29Cl2F3N6O2. The Morgan fingerprint density at radius 2 is 1.79 bits per heavy atom. The summed E-state index contributed by atoms with van der Waals surface area (Å²) >= 11 is 0. The minimum atomic E-state index is -4.42. The second-order valence-electron chi connectivity index (χ2n) is 9.66. The summed E-state index contributed by atoms with van der Waals surface area (Å²) in [6.07, 6.45) is 1.12. The highest BCUT2D eigenvalue weighted by Crippen LogP contribution is 2.30. The van der Waals surface area contributed by atoms with E-state index >= 15 is 0 Å². The van der Waals surface area contributed by atoms with E-state index in [4.69, 9.17) is 4.98 Å². The Balaban J connectivity index is 0.00000253. The van der Waals surface area contributed by atoms with Crippen LogP contribution in [0.1, 0.15) is 52.6 Å². The summed E-state index contributed by atoms with van der Waals surface area (Å²) in [6.45, 7) is 4.00. The fourth-order valence-corrected chi connectivity index (χ4v) is 4.71. The summed E-state index contributed by atoms with van der Waals surface area (Å²) in [5, 5.41) is 3.18. The molecule has 13 heteroatoms. The number of fused-ring (bicyclic) bond motifs is 1. The fourth-order valence-electron chi connectivity index (χ4n) is 4.71. The number of carbonyl (C=O) groups is 1. The molecule has 2 aromatic carbocycles. The van der Waals surface area contributed by atoms with Gasteiger partial charge in [0.05, 0.1) is 42.3 Å². The third-order valence-corrected chi connectivity index (χ3v) is 7.02. The summed E-state index contributed by atoms with van der Waals surface area (Å²) in [4.78, 5) is 37.3. The molecule has 1 aliphatic heterocycles. The second-order valence-corrected chi connectivity index (χ2v) is 9.66. The number of benzene rings is 2. The first-order valence-electron chi connectivity index (χ1n) is 13.0. The van der Waals surface area contributed by atoms with E-state index in [1.54, 1.807) is 43.4 Å². The first-order valence-corrected chi connectivity index (χ1v) is 13.0. The largest absolute Gasteiger partial charge is 0.416 e. The van der Waals surface area contributed by atoms with E-state index in [1.807, 2.05) is 22.9 Å². The van der Waals surface area contributed by atoms with Crippen LogP contribution >= 0.6 is 24.8 Å². The van der Waals surface area contributed by atoms with E-state index in [9.17, 15) is 22.8 Å². The zero-order chi connectivity index (χ0) is 29.1. The van der Waals surface area contributed by atoms with Gasteiger partial charge in [-0.15, -0.1) is 30.7 Å². The normalized spacial score (nSPS) is 13.0. The number of aromatic nitrogens is 4. The maximum Gasteiger partial charge on any atom is 0.416 e. The summed E-state index contributed by atoms with van der Waals surface area (Å²) in [6, 6.07) is 11.6. The third kappa shape index (κ3) is 7.21. The van der Waals surface area contributed by atoms with Gasteiger partial charge < -0.3 is 14.8 Å². The van der Waals surface area contributed by atoms with Crippen LogP contribution in [0.25, 0.3) is 5.69 Å². The van der Waals surface area contributed by atoms with Crippen LogP contribution in [-0.2, 0) is 25.7 Å². The number of hydrogen-bond donors (Lipinski definition) is 1. The molecule has 0 fully saturated rings. The van der Waals surface area contributed by atoms with Gasteiger partial charge in [-0.05, 0) is 55.8 Å². The van der Waals surface area contributed by atoms with Gasteiger partial charge in [-0.25, -0.2) is 9.97 Å². The topological polar surface area (TPSA) is 85.0 Å². The van der Waals surface area contributed by atoms with Crippen LogP contribution in [0.3, 0.4) is 0 Å². The lowest BCUT2D eigenvalue weighted by Gasteiger charge is -2.29. The van der Waals surface area contributed by atoms with Crippen LogP contribution in [0.4, 0.5) is 19.1 Å². The maximum absolute atomic E-state index is 13.6. The average molecular weight is 634 g/mol. The van der Waals surface area contributed by atoms with Crippen molar-refractivity contribution in [1.82, 2.24) is 24.0 Å². The standard InChI is InChI=1S/C30H27F3N6O2.2ClH/c1-3-4-15-39-28(41)25-18-37(27(40)22-7-11-24(12-8-22)38-17-14-34-19-38)16-13-26(25)36-29(39)35-20(2)21-5-9-23(10-6-21)30(31,32)33;;/h5-12,14,17,19-20H,13,15-16,18H2,1-2H3,(H,35,36);2*1H/t20-;;/m0../s1. The third-order valence-electron chi connectivity index (χ3n) is 7.02. The van der Waals surface area contributed by atoms with Crippen LogP contribution < -0.4 is 10.9 Å². The Labute approximate surface area is 258 Å². The van der Waals surface area contributed by atoms with Crippen LogP contribution in [0.5, 0.6) is 0 Å². The Kier molecular flexibility index (Phi) is 10.7. The van der Waals surface area contributed by atoms with Crippen molar-refractivity contribution in [3.05, 3.63) is 106 Å². The lowest BCUT2D eigenvalue weighted by Crippen LogP contribution is -2.41. The van der Waals surface area contributed by atoms with Gasteiger partial charge in [0.2, 0.25) is 5.95 Å². The van der Waals surface area contributed by atoms with Crippen molar-refractivity contribution in [2.24, 2.45) is 0 Å². The van der Waals surface area contributed by atoms with Crippen molar-refractivity contribution in [3.63, 3.8) is 0 Å². The number of carbonyl (C=O) groups excluding carboxylic acids is 1. The molecule has 0 aliphatic carbocycles. The van der Waals surface area contributed by atoms with Gasteiger partial charge in [0.15, 0.2) is 0 Å². The van der Waals surface area contributed by atoms with Crippen molar-refractivity contribution in [2.45, 2.75) is 45.6 Å². The molecule has 43 heavy (non-hydrogen) atoms. The molecule has 1 aliphatic rings. The quantitative estimate of drug-likeness (QED) is 0.276. The van der Waals surface area contributed by atoms with Crippen LogP contribution in [-0.4, -0.2) is 36.5 Å². The molecule has 0 radical (unpaired) electrons. The molecule has 1 atom stereocenters. The molecular weight excluding hydrogens is 604 g/mol. The molecule has 0 bridgehead atoms. The minimum absolute atomic E-state index is 0. The molecule has 0 saturated heterocycles. The van der Waals surface area contributed by atoms with Gasteiger partial charge in [-0.1, -0.05) is 18.1 Å². The molecule has 3 heterocycles. The zero-order valence-corrected chi connectivity index (χ0v) is 24.9. The molecule has 0 unspecified atom stereocenters. The number of imidazole rings is 1. The SMILES string of the molecule is CC#CCn1c(N[C@@H](C)c2ccc(C(F)(F)F)cc2)nc2c(c1=O)CN(C(=O)c1ccc(-n3ccnc3)cc1)CC2.Cl.Cl. The number of rotatable bonds is 6. The molecule has 8 nitrogen and oxygen atoms in total. The highest BCUT2D eigenvalue weighted by molar-refractivity contribution is 5.94. The van der Waals surface area contributed by atoms with Gasteiger partial charge >= 0.3 is 6.18 Å². The predicted octanol–water partition coefficient (Wildman–Crippen LogP) is 5.69. The number of amides is 1. The van der Waals surface area contributed by atoms with Gasteiger partial charge in [0, 0.05) is 36.6 Å². The van der Waals surface area contributed by atoms with Crippen LogP contribution in [0.2, 0.25) is 0 Å². The lowest BCUT2D eigenvalue weighted by atomic mass is 10.0. The predicted molar refractivity (Wildman–Crippen MR) is 162 cm³/mol. The average Bonchev–Trinajstić information content (AvgIpc) is 3.51. The highest BCUT2D eigenvalue weighted by atomic mass is 35.5. The minimum Gasteiger partial charge on any atom is -0.349 e. The van der Waals surface area contributed by atoms with E-state index in [0.29, 0.717) is 35.3 Å². The monoisotopic (exact) mass is 632 g/mol. The van der Waals surface area contributed by atoms with Crippen LogP contribution in [0, 0.1) is 11.8 Å². The molecule has 226 valence electrons. The summed E-state index contributed by atoms with van der Waals surface area (Å²) in [7, 11) is 0. The fraction of sp³-hybridized carbons (Fsp3) is 0.267. The maximum atomic E-state index is 13.6. The number of nitrogens with zero attached hydrogens (tertiary/aromatic N) is 5. The van der Waals surface area contributed by atoms with E-state index in [-0.39, 0.29) is 55.3 Å². The van der Waals surface area contributed by atoms with Crippen LogP contribution in [0.15, 0.2) is 72.0 Å². The number of anilines is 1. The summed E-state index contributed by atoms with van der Waals surface area (Å²) in [5.41, 5.74) is 1.94. The van der Waals surface area contributed by atoms with Crippen molar-refractivity contribution in [1.29, 1.82) is 0 Å². The molecule has 1 N–H and O–H groups in total. The van der Waals surface area contributed by atoms with Crippen molar-refractivity contribution in [3.8, 4) is 17.5 Å². The first-order chi connectivity index (χ1) is 19.7. The van der Waals surface area contributed by atoms with E-state index in [1.165, 1.54) is 16.7 Å². The molecule has 0 saturated carbocycles. The van der Waals surface area contributed by atoms with Crippen molar-refractivity contribution < 1.29 is 18.0 Å². The number of hydrogen-bond acceptors (Lipinski definition) is 5. The molecule has 5 rings (SSSR count). The number of alkyl halides is 3. The summed E-state index contributed by atoms with van der Waals surface area (Å²) < 4.78 is 42.2. The second kappa shape index (κ2) is 13.8. The van der Waals surface area contributed by atoms with Crippen molar-refractivity contribution in [2.75, 3.05) is 11.9 Å². The Hall–Kier alpha value is -4.27. The lowest BCUT2D eigenvalue weighted by molar-refractivity contribution is -0.137. The van der Waals surface area contributed by atoms with E-state index in [2.05, 4.69) is 22.1 Å². The highest BCUT2D eigenvalue weighted by Gasteiger charge is 2.30. The van der Waals surface area contributed by atoms with Gasteiger partial charge in [0.25, 0.3) is 11.5 Å². The molecule has 4 aromatic rings. The van der Waals surface area contributed by atoms with Gasteiger partial charge in [-0.3, -0.25) is 14.2 Å². The Bertz CT molecular complexity index is 1680. The Morgan fingerprint density at radius 1 is 1.09 bits per heavy atom. The molecule has 2 aromatic heterocycles. The first kappa shape index (κ1) is 33.2. The van der Waals surface area contributed by atoms with Gasteiger partial charge in [0.1, 0.15) is 0 Å². The number of halogens is 5. The summed E-state index contributed by atoms with van der Waals surface area (Å²) in [5.74, 6) is 5.75. The van der Waals surface area contributed by atoms with E-state index < -0.39 is 17.8 Å². The van der Waals surface area contributed by atoms with Gasteiger partial charge in [-0.2, -0.15) is 13.2 Å². The molecule has 0 spiro atoms. The smallest absolute Gasteiger partial charge is 0.349 e. The van der Waals surface area contributed by atoms with Crippen molar-refractivity contribution >= 4 is 36.7 Å². The molecule has 1 amide bonds. The zero-order valence-electron chi connectivity index (χ0n) is 23.3. The Morgan fingerprint density at radius 3 is 2.40 bits per heavy atom.